The number of nitrogens with zero attached hydrogens (tertiary/aromatic N) is 2. The number of aliphatic imine (C=N–C) groups is 1. The van der Waals surface area contributed by atoms with Crippen molar-refractivity contribution >= 4 is 11.8 Å². The molecule has 1 rings (SSSR count). The lowest BCUT2D eigenvalue weighted by molar-refractivity contribution is -0.135. The Balaban J connectivity index is 1.80. The first-order valence-electron chi connectivity index (χ1n) is 11.2. The van der Waals surface area contributed by atoms with E-state index in [1.807, 2.05) is 0 Å². The Labute approximate surface area is 161 Å². The van der Waals surface area contributed by atoms with E-state index in [1.54, 1.807) is 0 Å². The molecule has 4 heteroatoms. The van der Waals surface area contributed by atoms with Gasteiger partial charge >= 0.3 is 5.97 Å². The van der Waals surface area contributed by atoms with E-state index in [9.17, 15) is 4.79 Å². The largest absolute Gasteiger partial charge is 0.481 e. The van der Waals surface area contributed by atoms with E-state index >= 15 is 0 Å². The van der Waals surface area contributed by atoms with Crippen molar-refractivity contribution in [3.05, 3.63) is 0 Å². The number of hydrogen-bond acceptors (Lipinski definition) is 3. The van der Waals surface area contributed by atoms with Gasteiger partial charge in [-0.2, -0.15) is 0 Å². The monoisotopic (exact) mass is 366 g/mol. The third kappa shape index (κ3) is 12.3. The predicted octanol–water partition coefficient (Wildman–Crippen LogP) is 6.05. The molecule has 0 aromatic carbocycles. The number of carbonyl (C=O) groups is 1. The molecule has 152 valence electrons. The van der Waals surface area contributed by atoms with Gasteiger partial charge in [0.1, 0.15) is 12.3 Å². The minimum atomic E-state index is -0.771. The van der Waals surface area contributed by atoms with E-state index in [-0.39, 0.29) is 6.42 Å². The first kappa shape index (κ1) is 23.0. The van der Waals surface area contributed by atoms with Crippen molar-refractivity contribution in [2.24, 2.45) is 4.99 Å². The summed E-state index contributed by atoms with van der Waals surface area (Å²) in [6.45, 7) is 4.92. The van der Waals surface area contributed by atoms with E-state index in [2.05, 4.69) is 16.8 Å². The van der Waals surface area contributed by atoms with Crippen molar-refractivity contribution in [1.29, 1.82) is 0 Å². The molecule has 26 heavy (non-hydrogen) atoms. The van der Waals surface area contributed by atoms with Crippen LogP contribution in [0.5, 0.6) is 0 Å². The van der Waals surface area contributed by atoms with Gasteiger partial charge in [-0.05, 0) is 6.42 Å². The van der Waals surface area contributed by atoms with Gasteiger partial charge in [-0.1, -0.05) is 96.8 Å². The van der Waals surface area contributed by atoms with E-state index in [0.29, 0.717) is 0 Å². The second-order valence-corrected chi connectivity index (χ2v) is 7.81. The summed E-state index contributed by atoms with van der Waals surface area (Å²) in [6, 6.07) is 0. The zero-order valence-electron chi connectivity index (χ0n) is 17.2. The number of unbranched alkanes of at least 4 members (excludes halogenated alkanes) is 14. The van der Waals surface area contributed by atoms with Crippen molar-refractivity contribution in [2.75, 3.05) is 19.6 Å². The SMILES string of the molecule is CCCCCCCCCCCCCCCCCN1CCN=C1CC(=O)O. The number of hydrogen-bond donors (Lipinski definition) is 1. The lowest BCUT2D eigenvalue weighted by atomic mass is 10.0. The molecular formula is C22H42N2O2. The van der Waals surface area contributed by atoms with Gasteiger partial charge in [-0.15, -0.1) is 0 Å². The van der Waals surface area contributed by atoms with Crippen LogP contribution in [0.1, 0.15) is 110 Å². The second-order valence-electron chi connectivity index (χ2n) is 7.81. The van der Waals surface area contributed by atoms with Crippen LogP contribution >= 0.6 is 0 Å². The molecule has 1 aliphatic heterocycles. The van der Waals surface area contributed by atoms with Crippen LogP contribution < -0.4 is 0 Å². The molecule has 0 aliphatic carbocycles. The Morgan fingerprint density at radius 1 is 0.846 bits per heavy atom. The molecule has 0 radical (unpaired) electrons. The molecule has 0 saturated carbocycles. The molecular weight excluding hydrogens is 324 g/mol. The van der Waals surface area contributed by atoms with E-state index in [0.717, 1.165) is 31.9 Å². The van der Waals surface area contributed by atoms with Gasteiger partial charge in [0.15, 0.2) is 0 Å². The molecule has 0 fully saturated rings. The quantitative estimate of drug-likeness (QED) is 0.301. The zero-order chi connectivity index (χ0) is 18.9. The lowest BCUT2D eigenvalue weighted by Crippen LogP contribution is -2.30. The van der Waals surface area contributed by atoms with Crippen molar-refractivity contribution in [1.82, 2.24) is 4.90 Å². The number of aliphatic carboxylic acids is 1. The van der Waals surface area contributed by atoms with Gasteiger partial charge in [0.2, 0.25) is 0 Å². The zero-order valence-corrected chi connectivity index (χ0v) is 17.2. The number of carboxylic acids is 1. The summed E-state index contributed by atoms with van der Waals surface area (Å²) >= 11 is 0. The molecule has 0 unspecified atom stereocenters. The summed E-state index contributed by atoms with van der Waals surface area (Å²) < 4.78 is 0. The van der Waals surface area contributed by atoms with Crippen LogP contribution in [0.3, 0.4) is 0 Å². The normalized spacial score (nSPS) is 14.0. The maximum Gasteiger partial charge on any atom is 0.310 e. The summed E-state index contributed by atoms with van der Waals surface area (Å²) in [5.74, 6) is 0.00927. The molecule has 1 aliphatic rings. The molecule has 0 aromatic heterocycles. The Bertz CT molecular complexity index is 382. The number of rotatable bonds is 18. The minimum Gasteiger partial charge on any atom is -0.481 e. The van der Waals surface area contributed by atoms with Crippen molar-refractivity contribution in [3.63, 3.8) is 0 Å². The van der Waals surface area contributed by atoms with Crippen LogP contribution in [0.4, 0.5) is 0 Å². The van der Waals surface area contributed by atoms with E-state index in [1.165, 1.54) is 89.9 Å². The Morgan fingerprint density at radius 2 is 1.31 bits per heavy atom. The topological polar surface area (TPSA) is 52.9 Å². The third-order valence-electron chi connectivity index (χ3n) is 5.37. The molecule has 0 spiro atoms. The van der Waals surface area contributed by atoms with Gasteiger partial charge in [-0.25, -0.2) is 0 Å². The molecule has 1 N–H and O–H groups in total. The summed E-state index contributed by atoms with van der Waals surface area (Å²) in [6.07, 6.45) is 20.7. The summed E-state index contributed by atoms with van der Waals surface area (Å²) in [5, 5.41) is 8.89. The van der Waals surface area contributed by atoms with E-state index in [4.69, 9.17) is 5.11 Å². The smallest absolute Gasteiger partial charge is 0.310 e. The molecule has 0 aromatic rings. The highest BCUT2D eigenvalue weighted by molar-refractivity contribution is 5.97. The van der Waals surface area contributed by atoms with Gasteiger partial charge < -0.3 is 10.0 Å². The average molecular weight is 367 g/mol. The fraction of sp³-hybridized carbons (Fsp3) is 0.909. The van der Waals surface area contributed by atoms with Crippen LogP contribution in [-0.4, -0.2) is 41.4 Å². The highest BCUT2D eigenvalue weighted by Crippen LogP contribution is 2.14. The Kier molecular flexibility index (Phi) is 14.3. The summed E-state index contributed by atoms with van der Waals surface area (Å²) in [7, 11) is 0. The van der Waals surface area contributed by atoms with Crippen LogP contribution in [-0.2, 0) is 4.79 Å². The van der Waals surface area contributed by atoms with Gasteiger partial charge in [-0.3, -0.25) is 9.79 Å². The van der Waals surface area contributed by atoms with Gasteiger partial charge in [0.05, 0.1) is 6.54 Å². The second kappa shape index (κ2) is 16.1. The molecule has 0 bridgehead atoms. The predicted molar refractivity (Wildman–Crippen MR) is 111 cm³/mol. The summed E-state index contributed by atoms with van der Waals surface area (Å²) in [4.78, 5) is 17.3. The van der Waals surface area contributed by atoms with Gasteiger partial charge in [0, 0.05) is 13.1 Å². The number of carboxylic acid groups (broad SMARTS) is 1. The number of amidine groups is 1. The fourth-order valence-corrected chi connectivity index (χ4v) is 3.75. The Hall–Kier alpha value is -1.06. The third-order valence-corrected chi connectivity index (χ3v) is 5.37. The van der Waals surface area contributed by atoms with Crippen LogP contribution in [0.2, 0.25) is 0 Å². The van der Waals surface area contributed by atoms with Crippen LogP contribution in [0.15, 0.2) is 4.99 Å². The maximum atomic E-state index is 10.8. The van der Waals surface area contributed by atoms with Crippen LogP contribution in [0, 0.1) is 0 Å². The minimum absolute atomic E-state index is 0.0821. The molecule has 0 amide bonds. The lowest BCUT2D eigenvalue weighted by Gasteiger charge is -2.19. The molecule has 4 nitrogen and oxygen atoms in total. The molecule has 0 saturated heterocycles. The molecule has 1 heterocycles. The molecule has 0 atom stereocenters. The van der Waals surface area contributed by atoms with E-state index < -0.39 is 5.97 Å². The highest BCUT2D eigenvalue weighted by atomic mass is 16.4. The maximum absolute atomic E-state index is 10.8. The highest BCUT2D eigenvalue weighted by Gasteiger charge is 2.18. The standard InChI is InChI=1S/C22H42N2O2/c1-2-3-4-5-6-7-8-9-10-11-12-13-14-15-16-18-24-19-17-23-21(24)20-22(25)26/h2-20H2,1H3,(H,25,26). The first-order valence-corrected chi connectivity index (χ1v) is 11.2. The van der Waals surface area contributed by atoms with Crippen LogP contribution in [0.25, 0.3) is 0 Å². The fourth-order valence-electron chi connectivity index (χ4n) is 3.75. The van der Waals surface area contributed by atoms with Gasteiger partial charge in [0.25, 0.3) is 0 Å². The first-order chi connectivity index (χ1) is 12.7. The average Bonchev–Trinajstić information content (AvgIpc) is 3.04. The Morgan fingerprint density at radius 3 is 1.77 bits per heavy atom. The van der Waals surface area contributed by atoms with Crippen molar-refractivity contribution in [3.8, 4) is 0 Å². The van der Waals surface area contributed by atoms with Crippen molar-refractivity contribution < 1.29 is 9.90 Å². The van der Waals surface area contributed by atoms with Crippen molar-refractivity contribution in [2.45, 2.75) is 110 Å². The summed E-state index contributed by atoms with van der Waals surface area (Å²) in [5.41, 5.74) is 0.